The van der Waals surface area contributed by atoms with Crippen molar-refractivity contribution in [1.82, 2.24) is 4.90 Å². The van der Waals surface area contributed by atoms with Gasteiger partial charge in [-0.15, -0.1) is 0 Å². The van der Waals surface area contributed by atoms with Gasteiger partial charge < -0.3 is 14.7 Å². The van der Waals surface area contributed by atoms with Crippen LogP contribution in [0.25, 0.3) is 0 Å². The Morgan fingerprint density at radius 3 is 2.52 bits per heavy atom. The van der Waals surface area contributed by atoms with Gasteiger partial charge in [0.2, 0.25) is 0 Å². The third kappa shape index (κ3) is 7.05. The molecule has 0 aliphatic carbocycles. The highest BCUT2D eigenvalue weighted by Crippen LogP contribution is 2.20. The molecule has 2 atom stereocenters. The van der Waals surface area contributed by atoms with Crippen LogP contribution in [0.2, 0.25) is 0 Å². The Balaban J connectivity index is 1.65. The van der Waals surface area contributed by atoms with Gasteiger partial charge >= 0.3 is 0 Å². The van der Waals surface area contributed by atoms with E-state index < -0.39 is 17.7 Å². The number of aliphatic hydroxyl groups excluding tert-OH is 1. The highest BCUT2D eigenvalue weighted by molar-refractivity contribution is 6.01. The second kappa shape index (κ2) is 10.7. The molecule has 0 bridgehead atoms. The first-order valence-corrected chi connectivity index (χ1v) is 10.2. The van der Waals surface area contributed by atoms with Crippen molar-refractivity contribution in [2.75, 3.05) is 19.7 Å². The molecule has 31 heavy (non-hydrogen) atoms. The van der Waals surface area contributed by atoms with E-state index in [2.05, 4.69) is 5.16 Å². The summed E-state index contributed by atoms with van der Waals surface area (Å²) in [4.78, 5) is 7.37. The SMILES string of the molecule is CC(C)OCC(O)CN(Cc1ccc(F)cc1F)CC1CC(c2ccc(F)cc2)=NO1. The standard InChI is InChI=1S/C23H27F3N2O3/c1-15(2)30-14-20(29)12-28(11-17-5-8-19(25)9-22(17)26)13-21-10-23(27-31-21)16-3-6-18(24)7-4-16/h3-9,15,20-21,29H,10-14H2,1-2H3. The van der Waals surface area contributed by atoms with E-state index in [1.807, 2.05) is 18.7 Å². The second-order valence-corrected chi connectivity index (χ2v) is 7.94. The summed E-state index contributed by atoms with van der Waals surface area (Å²) in [5.74, 6) is -1.62. The van der Waals surface area contributed by atoms with Crippen LogP contribution in [-0.4, -0.2) is 53.7 Å². The first kappa shape index (κ1) is 23.2. The number of benzene rings is 2. The van der Waals surface area contributed by atoms with Gasteiger partial charge in [-0.05, 0) is 37.6 Å². The molecule has 8 heteroatoms. The molecule has 2 unspecified atom stereocenters. The lowest BCUT2D eigenvalue weighted by Crippen LogP contribution is -2.39. The van der Waals surface area contributed by atoms with Gasteiger partial charge in [-0.1, -0.05) is 23.4 Å². The number of oxime groups is 1. The molecule has 0 amide bonds. The molecule has 0 saturated carbocycles. The fourth-order valence-corrected chi connectivity index (χ4v) is 3.38. The Kier molecular flexibility index (Phi) is 8.06. The summed E-state index contributed by atoms with van der Waals surface area (Å²) in [6.45, 7) is 4.64. The minimum atomic E-state index is -0.787. The van der Waals surface area contributed by atoms with E-state index in [1.54, 1.807) is 12.1 Å². The number of aliphatic hydroxyl groups is 1. The van der Waals surface area contributed by atoms with Crippen molar-refractivity contribution in [1.29, 1.82) is 0 Å². The number of hydrogen-bond donors (Lipinski definition) is 1. The van der Waals surface area contributed by atoms with Gasteiger partial charge in [0.05, 0.1) is 24.5 Å². The fourth-order valence-electron chi connectivity index (χ4n) is 3.38. The van der Waals surface area contributed by atoms with Crippen LogP contribution in [-0.2, 0) is 16.1 Å². The maximum absolute atomic E-state index is 14.2. The van der Waals surface area contributed by atoms with Crippen LogP contribution >= 0.6 is 0 Å². The quantitative estimate of drug-likeness (QED) is 0.614. The van der Waals surface area contributed by atoms with Crippen molar-refractivity contribution in [2.24, 2.45) is 5.16 Å². The molecule has 1 aliphatic rings. The third-order valence-electron chi connectivity index (χ3n) is 4.87. The Labute approximate surface area is 180 Å². The van der Waals surface area contributed by atoms with Crippen LogP contribution in [0.5, 0.6) is 0 Å². The molecular weight excluding hydrogens is 409 g/mol. The first-order valence-electron chi connectivity index (χ1n) is 10.2. The molecule has 0 spiro atoms. The normalized spacial score (nSPS) is 17.2. The molecule has 2 aromatic rings. The average Bonchev–Trinajstić information content (AvgIpc) is 3.17. The Hall–Kier alpha value is -2.42. The number of rotatable bonds is 10. The molecule has 0 aromatic heterocycles. The first-order chi connectivity index (χ1) is 14.8. The highest BCUT2D eigenvalue weighted by atomic mass is 19.1. The maximum Gasteiger partial charge on any atom is 0.145 e. The van der Waals surface area contributed by atoms with Gasteiger partial charge in [0, 0.05) is 37.7 Å². The van der Waals surface area contributed by atoms with E-state index in [4.69, 9.17) is 9.57 Å². The summed E-state index contributed by atoms with van der Waals surface area (Å²) in [7, 11) is 0. The summed E-state index contributed by atoms with van der Waals surface area (Å²) in [6, 6.07) is 9.44. The van der Waals surface area contributed by atoms with E-state index in [-0.39, 0.29) is 37.7 Å². The number of nitrogens with zero attached hydrogens (tertiary/aromatic N) is 2. The van der Waals surface area contributed by atoms with Crippen molar-refractivity contribution in [3.63, 3.8) is 0 Å². The lowest BCUT2D eigenvalue weighted by Gasteiger charge is -2.27. The zero-order chi connectivity index (χ0) is 22.4. The number of ether oxygens (including phenoxy) is 1. The van der Waals surface area contributed by atoms with Crippen LogP contribution in [0.1, 0.15) is 31.4 Å². The minimum Gasteiger partial charge on any atom is -0.390 e. The summed E-state index contributed by atoms with van der Waals surface area (Å²) in [5.41, 5.74) is 1.78. The fraction of sp³-hybridized carbons (Fsp3) is 0.435. The average molecular weight is 436 g/mol. The van der Waals surface area contributed by atoms with Gasteiger partial charge in [-0.2, -0.15) is 0 Å². The number of hydrogen-bond acceptors (Lipinski definition) is 5. The Bertz CT molecular complexity index is 890. The molecule has 1 aliphatic heterocycles. The topological polar surface area (TPSA) is 54.3 Å². The molecule has 0 saturated heterocycles. The molecule has 1 N–H and O–H groups in total. The largest absolute Gasteiger partial charge is 0.390 e. The molecule has 1 heterocycles. The summed E-state index contributed by atoms with van der Waals surface area (Å²) >= 11 is 0. The van der Waals surface area contributed by atoms with Crippen LogP contribution in [0, 0.1) is 17.5 Å². The second-order valence-electron chi connectivity index (χ2n) is 7.94. The van der Waals surface area contributed by atoms with Gasteiger partial charge in [-0.3, -0.25) is 4.90 Å². The van der Waals surface area contributed by atoms with Crippen LogP contribution in [0.4, 0.5) is 13.2 Å². The molecule has 5 nitrogen and oxygen atoms in total. The summed E-state index contributed by atoms with van der Waals surface area (Å²) in [6.07, 6.45) is -0.638. The van der Waals surface area contributed by atoms with E-state index in [0.29, 0.717) is 24.2 Å². The monoisotopic (exact) mass is 436 g/mol. The van der Waals surface area contributed by atoms with Crippen molar-refractivity contribution >= 4 is 5.71 Å². The minimum absolute atomic E-state index is 0.0255. The predicted molar refractivity (Wildman–Crippen MR) is 111 cm³/mol. The van der Waals surface area contributed by atoms with Crippen LogP contribution < -0.4 is 0 Å². The van der Waals surface area contributed by atoms with E-state index >= 15 is 0 Å². The van der Waals surface area contributed by atoms with Gasteiger partial charge in [0.1, 0.15) is 23.6 Å². The maximum atomic E-state index is 14.2. The lowest BCUT2D eigenvalue weighted by molar-refractivity contribution is -0.0196. The number of halogens is 3. The van der Waals surface area contributed by atoms with Crippen molar-refractivity contribution in [3.8, 4) is 0 Å². The molecule has 0 fully saturated rings. The smallest absolute Gasteiger partial charge is 0.145 e. The Morgan fingerprint density at radius 1 is 1.13 bits per heavy atom. The van der Waals surface area contributed by atoms with E-state index in [0.717, 1.165) is 11.6 Å². The zero-order valence-corrected chi connectivity index (χ0v) is 17.6. The van der Waals surface area contributed by atoms with Gasteiger partial charge in [0.25, 0.3) is 0 Å². The Morgan fingerprint density at radius 2 is 1.84 bits per heavy atom. The molecule has 168 valence electrons. The highest BCUT2D eigenvalue weighted by Gasteiger charge is 2.26. The third-order valence-corrected chi connectivity index (χ3v) is 4.87. The van der Waals surface area contributed by atoms with Crippen LogP contribution in [0.3, 0.4) is 0 Å². The lowest BCUT2D eigenvalue weighted by atomic mass is 10.0. The summed E-state index contributed by atoms with van der Waals surface area (Å²) < 4.78 is 46.1. The summed E-state index contributed by atoms with van der Waals surface area (Å²) in [5, 5.41) is 14.5. The molecule has 3 rings (SSSR count). The molecule has 0 radical (unpaired) electrons. The van der Waals surface area contributed by atoms with Gasteiger partial charge in [0.15, 0.2) is 0 Å². The van der Waals surface area contributed by atoms with Gasteiger partial charge in [-0.25, -0.2) is 13.2 Å². The predicted octanol–water partition coefficient (Wildman–Crippen LogP) is 3.89. The van der Waals surface area contributed by atoms with Crippen molar-refractivity contribution < 1.29 is 27.9 Å². The van der Waals surface area contributed by atoms with Crippen LogP contribution in [0.15, 0.2) is 47.6 Å². The zero-order valence-electron chi connectivity index (χ0n) is 17.6. The van der Waals surface area contributed by atoms with E-state index in [1.165, 1.54) is 24.3 Å². The molecule has 2 aromatic carbocycles. The molecular formula is C23H27F3N2O3. The van der Waals surface area contributed by atoms with Crippen molar-refractivity contribution in [2.45, 2.75) is 45.1 Å². The van der Waals surface area contributed by atoms with E-state index in [9.17, 15) is 18.3 Å². The van der Waals surface area contributed by atoms with Crippen molar-refractivity contribution in [3.05, 3.63) is 71.0 Å².